The first-order chi connectivity index (χ1) is 22.3. The monoisotopic (exact) mass is 572 g/mol. The average molecular weight is 573 g/mol. The van der Waals surface area contributed by atoms with Gasteiger partial charge in [-0.15, -0.1) is 0 Å². The van der Waals surface area contributed by atoms with Crippen molar-refractivity contribution in [3.63, 3.8) is 0 Å². The van der Waals surface area contributed by atoms with Gasteiger partial charge >= 0.3 is 0 Å². The van der Waals surface area contributed by atoms with Gasteiger partial charge in [0.2, 0.25) is 0 Å². The molecule has 9 rings (SSSR count). The summed E-state index contributed by atoms with van der Waals surface area (Å²) in [6.07, 6.45) is 0. The van der Waals surface area contributed by atoms with Crippen LogP contribution in [0.25, 0.3) is 88.0 Å². The molecule has 45 heavy (non-hydrogen) atoms. The second-order valence-electron chi connectivity index (χ2n) is 11.7. The molecule has 0 N–H and O–H groups in total. The quantitative estimate of drug-likeness (QED) is 0.191. The second-order valence-corrected chi connectivity index (χ2v) is 11.7. The summed E-state index contributed by atoms with van der Waals surface area (Å²) in [4.78, 5) is 0. The van der Waals surface area contributed by atoms with Crippen molar-refractivity contribution in [3.05, 3.63) is 170 Å². The molecule has 0 aliphatic rings. The molecule has 0 amide bonds. The highest BCUT2D eigenvalue weighted by molar-refractivity contribution is 6.14. The summed E-state index contributed by atoms with van der Waals surface area (Å²) in [5.74, 6) is 0. The van der Waals surface area contributed by atoms with E-state index >= 15 is 0 Å². The average Bonchev–Trinajstić information content (AvgIpc) is 3.50. The van der Waals surface area contributed by atoms with Crippen molar-refractivity contribution in [2.24, 2.45) is 0 Å². The molecule has 1 aromatic heterocycles. The van der Waals surface area contributed by atoms with Crippen LogP contribution < -0.4 is 0 Å². The maximum absolute atomic E-state index is 6.64. The number of hydrogen-bond donors (Lipinski definition) is 0. The fourth-order valence-electron chi connectivity index (χ4n) is 6.82. The van der Waals surface area contributed by atoms with E-state index < -0.39 is 0 Å². The molecular formula is C44H28O. The van der Waals surface area contributed by atoms with E-state index in [-0.39, 0.29) is 0 Å². The topological polar surface area (TPSA) is 13.1 Å². The van der Waals surface area contributed by atoms with Crippen LogP contribution in [0.15, 0.2) is 174 Å². The van der Waals surface area contributed by atoms with Crippen molar-refractivity contribution >= 4 is 43.5 Å². The molecule has 9 aromatic rings. The third-order valence-corrected chi connectivity index (χ3v) is 9.06. The number of fused-ring (bicyclic) bond motifs is 6. The molecule has 0 atom stereocenters. The molecule has 0 aliphatic carbocycles. The van der Waals surface area contributed by atoms with Crippen LogP contribution in [0, 0.1) is 0 Å². The lowest BCUT2D eigenvalue weighted by Crippen LogP contribution is -1.86. The van der Waals surface area contributed by atoms with Crippen molar-refractivity contribution in [1.29, 1.82) is 0 Å². The van der Waals surface area contributed by atoms with Gasteiger partial charge in [-0.2, -0.15) is 0 Å². The van der Waals surface area contributed by atoms with Gasteiger partial charge in [0.15, 0.2) is 0 Å². The van der Waals surface area contributed by atoms with Crippen LogP contribution in [-0.4, -0.2) is 0 Å². The summed E-state index contributed by atoms with van der Waals surface area (Å²) in [6.45, 7) is 0. The maximum atomic E-state index is 6.64. The molecule has 1 nitrogen and oxygen atoms in total. The van der Waals surface area contributed by atoms with Crippen molar-refractivity contribution in [2.75, 3.05) is 0 Å². The maximum Gasteiger partial charge on any atom is 0.143 e. The number of benzene rings is 8. The molecule has 0 fully saturated rings. The van der Waals surface area contributed by atoms with E-state index in [0.29, 0.717) is 0 Å². The van der Waals surface area contributed by atoms with Crippen LogP contribution in [0.5, 0.6) is 0 Å². The highest BCUT2D eigenvalue weighted by Gasteiger charge is 2.17. The van der Waals surface area contributed by atoms with Crippen LogP contribution in [0.1, 0.15) is 0 Å². The summed E-state index contributed by atoms with van der Waals surface area (Å²) in [5, 5.41) is 7.35. The van der Waals surface area contributed by atoms with Crippen LogP contribution in [-0.2, 0) is 0 Å². The van der Waals surface area contributed by atoms with E-state index in [1.165, 1.54) is 54.9 Å². The van der Waals surface area contributed by atoms with Crippen molar-refractivity contribution < 1.29 is 4.42 Å². The smallest absolute Gasteiger partial charge is 0.143 e. The normalized spacial score (nSPS) is 11.6. The fraction of sp³-hybridized carbons (Fsp3) is 0. The molecule has 210 valence electrons. The molecule has 0 spiro atoms. The molecule has 0 aliphatic heterocycles. The van der Waals surface area contributed by atoms with Crippen molar-refractivity contribution in [1.82, 2.24) is 0 Å². The van der Waals surface area contributed by atoms with Crippen LogP contribution in [0.4, 0.5) is 0 Å². The van der Waals surface area contributed by atoms with Crippen molar-refractivity contribution in [2.45, 2.75) is 0 Å². The first-order valence-electron chi connectivity index (χ1n) is 15.4. The standard InChI is InChI=1S/C44H28O/c1-3-11-29(12-4-1)33-23-24-43-41(25-33)42-28-35(30-13-5-2-6-14-30)27-40(44(42)45-43)32-21-19-31(20-22-32)39-26-34-15-7-8-16-36(34)37-17-9-10-18-38(37)39/h1-28H. The predicted octanol–water partition coefficient (Wildman–Crippen LogP) is 12.6. The summed E-state index contributed by atoms with van der Waals surface area (Å²) in [5.41, 5.74) is 11.2. The van der Waals surface area contributed by atoms with Gasteiger partial charge in [0.05, 0.1) is 0 Å². The Labute approximate surface area is 261 Å². The summed E-state index contributed by atoms with van der Waals surface area (Å²) in [6, 6.07) is 60.9. The predicted molar refractivity (Wildman–Crippen MR) is 190 cm³/mol. The van der Waals surface area contributed by atoms with Gasteiger partial charge in [-0.25, -0.2) is 0 Å². The molecule has 0 unspecified atom stereocenters. The minimum Gasteiger partial charge on any atom is -0.455 e. The van der Waals surface area contributed by atoms with E-state index in [0.717, 1.165) is 33.1 Å². The lowest BCUT2D eigenvalue weighted by molar-refractivity contribution is 0.670. The summed E-state index contributed by atoms with van der Waals surface area (Å²) >= 11 is 0. The van der Waals surface area contributed by atoms with E-state index in [2.05, 4.69) is 170 Å². The summed E-state index contributed by atoms with van der Waals surface area (Å²) < 4.78 is 6.64. The van der Waals surface area contributed by atoms with Gasteiger partial charge in [0, 0.05) is 16.3 Å². The Balaban J connectivity index is 1.23. The lowest BCUT2D eigenvalue weighted by atomic mass is 9.91. The van der Waals surface area contributed by atoms with Gasteiger partial charge in [-0.1, -0.05) is 140 Å². The zero-order chi connectivity index (χ0) is 29.7. The highest BCUT2D eigenvalue weighted by Crippen LogP contribution is 2.42. The fourth-order valence-corrected chi connectivity index (χ4v) is 6.82. The zero-order valence-corrected chi connectivity index (χ0v) is 24.6. The van der Waals surface area contributed by atoms with E-state index in [1.807, 2.05) is 0 Å². The van der Waals surface area contributed by atoms with Crippen LogP contribution in [0.2, 0.25) is 0 Å². The Morgan fingerprint density at radius 1 is 0.289 bits per heavy atom. The number of rotatable bonds is 4. The molecule has 8 aromatic carbocycles. The Morgan fingerprint density at radius 2 is 0.844 bits per heavy atom. The van der Waals surface area contributed by atoms with Crippen molar-refractivity contribution in [3.8, 4) is 44.5 Å². The van der Waals surface area contributed by atoms with Gasteiger partial charge in [-0.3, -0.25) is 0 Å². The molecule has 0 bridgehead atoms. The van der Waals surface area contributed by atoms with Crippen LogP contribution >= 0.6 is 0 Å². The molecule has 1 heterocycles. The second kappa shape index (κ2) is 10.4. The minimum absolute atomic E-state index is 0.899. The van der Waals surface area contributed by atoms with Gasteiger partial charge in [0.1, 0.15) is 11.2 Å². The Morgan fingerprint density at radius 3 is 1.58 bits per heavy atom. The molecule has 0 saturated carbocycles. The molecular weight excluding hydrogens is 544 g/mol. The molecule has 0 saturated heterocycles. The lowest BCUT2D eigenvalue weighted by Gasteiger charge is -2.12. The van der Waals surface area contributed by atoms with Gasteiger partial charge in [-0.05, 0) is 90.8 Å². The first-order valence-corrected chi connectivity index (χ1v) is 15.4. The summed E-state index contributed by atoms with van der Waals surface area (Å²) in [7, 11) is 0. The first kappa shape index (κ1) is 25.6. The largest absolute Gasteiger partial charge is 0.455 e. The highest BCUT2D eigenvalue weighted by atomic mass is 16.3. The SMILES string of the molecule is c1ccc(-c2ccc3oc4c(-c5ccc(-c6cc7ccccc7c7ccccc67)cc5)cc(-c5ccccc5)cc4c3c2)cc1. The van der Waals surface area contributed by atoms with Crippen LogP contribution in [0.3, 0.4) is 0 Å². The number of furan rings is 1. The van der Waals surface area contributed by atoms with E-state index in [4.69, 9.17) is 4.42 Å². The van der Waals surface area contributed by atoms with E-state index in [9.17, 15) is 0 Å². The molecule has 0 radical (unpaired) electrons. The Bertz CT molecular complexity index is 2500. The minimum atomic E-state index is 0.899. The Hall–Kier alpha value is -5.92. The molecule has 1 heteroatoms. The zero-order valence-electron chi connectivity index (χ0n) is 24.6. The van der Waals surface area contributed by atoms with Gasteiger partial charge < -0.3 is 4.42 Å². The number of hydrogen-bond acceptors (Lipinski definition) is 1. The third-order valence-electron chi connectivity index (χ3n) is 9.06. The third kappa shape index (κ3) is 4.32. The van der Waals surface area contributed by atoms with E-state index in [1.54, 1.807) is 0 Å². The Kier molecular flexibility index (Phi) is 5.89. The van der Waals surface area contributed by atoms with Gasteiger partial charge in [0.25, 0.3) is 0 Å².